The number of nitrogens with one attached hydrogen (secondary N) is 4. The molecule has 0 spiro atoms. The number of anilines is 2. The van der Waals surface area contributed by atoms with Crippen LogP contribution >= 0.6 is 0 Å². The fraction of sp³-hybridized carbons (Fsp3) is 0.467. The SMILES string of the molecule is CC(C)CC(NC(=O)Cc1ccc(NC(=O)Nc2ncccc2C2CCCC2)cc1)C1=CC(CCC(=O)O)ON1. The molecule has 4 rings (SSSR count). The molecular weight excluding hydrogens is 510 g/mol. The molecule has 2 aromatic rings. The molecule has 40 heavy (non-hydrogen) atoms. The van der Waals surface area contributed by atoms with Crippen LogP contribution in [0.3, 0.4) is 0 Å². The van der Waals surface area contributed by atoms with Crippen LogP contribution in [0.1, 0.15) is 75.8 Å². The van der Waals surface area contributed by atoms with Crippen LogP contribution in [-0.2, 0) is 20.8 Å². The number of hydrogen-bond donors (Lipinski definition) is 5. The molecule has 1 aromatic carbocycles. The maximum Gasteiger partial charge on any atom is 0.324 e. The predicted octanol–water partition coefficient (Wildman–Crippen LogP) is 5.11. The molecule has 5 N–H and O–H groups in total. The Morgan fingerprint density at radius 1 is 1.10 bits per heavy atom. The molecule has 1 saturated carbocycles. The summed E-state index contributed by atoms with van der Waals surface area (Å²) in [5.74, 6) is 0.335. The molecule has 3 amide bonds. The van der Waals surface area contributed by atoms with Gasteiger partial charge in [-0.2, -0.15) is 0 Å². The largest absolute Gasteiger partial charge is 0.481 e. The first-order chi connectivity index (χ1) is 19.3. The summed E-state index contributed by atoms with van der Waals surface area (Å²) < 4.78 is 0. The van der Waals surface area contributed by atoms with Crippen molar-refractivity contribution in [1.29, 1.82) is 0 Å². The summed E-state index contributed by atoms with van der Waals surface area (Å²) in [6.45, 7) is 4.14. The number of benzene rings is 1. The third kappa shape index (κ3) is 8.54. The standard InChI is InChI=1S/C30H39N5O5/c1-19(2)16-25(26-18-23(40-35-26)13-14-28(37)38)33-27(36)17-20-9-11-22(12-10-20)32-30(39)34-29-24(8-5-15-31-29)21-6-3-4-7-21/h5,8-12,15,18-19,21,23,25,35H,3-4,6-7,13-14,16-17H2,1-2H3,(H,33,36)(H,37,38)(H2,31,32,34,39). The fourth-order valence-electron chi connectivity index (χ4n) is 5.24. The Bertz CT molecular complexity index is 1210. The van der Waals surface area contributed by atoms with E-state index in [9.17, 15) is 14.4 Å². The molecule has 1 aliphatic carbocycles. The highest BCUT2D eigenvalue weighted by Crippen LogP contribution is 2.36. The van der Waals surface area contributed by atoms with E-state index in [-0.39, 0.29) is 36.9 Å². The van der Waals surface area contributed by atoms with Crippen LogP contribution in [0.4, 0.5) is 16.3 Å². The van der Waals surface area contributed by atoms with Crippen molar-refractivity contribution in [3.8, 4) is 0 Å². The first kappa shape index (κ1) is 29.1. The Kier molecular flexibility index (Phi) is 10.1. The molecule has 1 fully saturated rings. The van der Waals surface area contributed by atoms with Crippen LogP contribution in [0.25, 0.3) is 0 Å². The number of carboxylic acid groups (broad SMARTS) is 1. The van der Waals surface area contributed by atoms with Gasteiger partial charge in [-0.3, -0.25) is 25.2 Å². The molecule has 2 unspecified atom stereocenters. The molecular formula is C30H39N5O5. The number of hydroxylamine groups is 1. The second kappa shape index (κ2) is 13.9. The molecule has 214 valence electrons. The van der Waals surface area contributed by atoms with Gasteiger partial charge in [-0.15, -0.1) is 0 Å². The van der Waals surface area contributed by atoms with E-state index >= 15 is 0 Å². The topological polar surface area (TPSA) is 142 Å². The maximum absolute atomic E-state index is 12.9. The van der Waals surface area contributed by atoms with Gasteiger partial charge in [-0.25, -0.2) is 9.78 Å². The van der Waals surface area contributed by atoms with Gasteiger partial charge in [-0.1, -0.05) is 44.9 Å². The first-order valence-electron chi connectivity index (χ1n) is 14.0. The molecule has 0 saturated heterocycles. The Balaban J connectivity index is 1.30. The molecule has 2 atom stereocenters. The minimum atomic E-state index is -0.874. The van der Waals surface area contributed by atoms with Crippen molar-refractivity contribution in [2.45, 2.75) is 83.3 Å². The number of aromatic nitrogens is 1. The summed E-state index contributed by atoms with van der Waals surface area (Å²) >= 11 is 0. The zero-order chi connectivity index (χ0) is 28.5. The number of aliphatic carboxylic acids is 1. The zero-order valence-corrected chi connectivity index (χ0v) is 23.1. The van der Waals surface area contributed by atoms with Crippen molar-refractivity contribution in [3.05, 3.63) is 65.5 Å². The lowest BCUT2D eigenvalue weighted by atomic mass is 9.98. The van der Waals surface area contributed by atoms with Crippen molar-refractivity contribution in [2.24, 2.45) is 5.92 Å². The summed E-state index contributed by atoms with van der Waals surface area (Å²) in [5, 5.41) is 17.7. The number of carbonyl (C=O) groups is 3. The van der Waals surface area contributed by atoms with Gasteiger partial charge in [0.2, 0.25) is 5.91 Å². The maximum atomic E-state index is 12.9. The minimum absolute atomic E-state index is 0.00842. The summed E-state index contributed by atoms with van der Waals surface area (Å²) in [6.07, 6.45) is 9.07. The van der Waals surface area contributed by atoms with E-state index in [4.69, 9.17) is 9.94 Å². The van der Waals surface area contributed by atoms with Crippen LogP contribution in [0.5, 0.6) is 0 Å². The Hall–Kier alpha value is -3.92. The van der Waals surface area contributed by atoms with Crippen LogP contribution in [0.15, 0.2) is 54.4 Å². The smallest absolute Gasteiger partial charge is 0.324 e. The average Bonchev–Trinajstić information content (AvgIpc) is 3.61. The van der Waals surface area contributed by atoms with Gasteiger partial charge in [-0.05, 0) is 72.9 Å². The molecule has 2 aliphatic rings. The number of carboxylic acids is 1. The number of carbonyl (C=O) groups excluding carboxylic acids is 2. The quantitative estimate of drug-likeness (QED) is 0.248. The number of pyridine rings is 1. The lowest BCUT2D eigenvalue weighted by molar-refractivity contribution is -0.137. The third-order valence-corrected chi connectivity index (χ3v) is 7.20. The highest BCUT2D eigenvalue weighted by molar-refractivity contribution is 5.99. The van der Waals surface area contributed by atoms with Crippen molar-refractivity contribution in [2.75, 3.05) is 10.6 Å². The molecule has 1 aliphatic heterocycles. The first-order valence-corrected chi connectivity index (χ1v) is 14.0. The van der Waals surface area contributed by atoms with Gasteiger partial charge in [0, 0.05) is 18.3 Å². The monoisotopic (exact) mass is 549 g/mol. The van der Waals surface area contributed by atoms with Crippen LogP contribution < -0.4 is 21.4 Å². The van der Waals surface area contributed by atoms with E-state index in [1.165, 1.54) is 12.8 Å². The minimum Gasteiger partial charge on any atom is -0.481 e. The summed E-state index contributed by atoms with van der Waals surface area (Å²) in [4.78, 5) is 46.3. The molecule has 0 bridgehead atoms. The number of rotatable bonds is 12. The van der Waals surface area contributed by atoms with E-state index in [1.807, 2.05) is 30.3 Å². The lowest BCUT2D eigenvalue weighted by Gasteiger charge is -2.21. The molecule has 1 aromatic heterocycles. The zero-order valence-electron chi connectivity index (χ0n) is 23.1. The van der Waals surface area contributed by atoms with Gasteiger partial charge in [0.25, 0.3) is 0 Å². The third-order valence-electron chi connectivity index (χ3n) is 7.20. The van der Waals surface area contributed by atoms with Crippen LogP contribution in [0.2, 0.25) is 0 Å². The number of hydrogen-bond acceptors (Lipinski definition) is 6. The van der Waals surface area contributed by atoms with Crippen molar-refractivity contribution < 1.29 is 24.3 Å². The number of nitrogens with zero attached hydrogens (tertiary/aromatic N) is 1. The highest BCUT2D eigenvalue weighted by Gasteiger charge is 2.26. The molecule has 10 nitrogen and oxygen atoms in total. The normalized spacial score (nSPS) is 17.7. The Labute approximate surface area is 234 Å². The van der Waals surface area contributed by atoms with Crippen LogP contribution in [-0.4, -0.2) is 40.1 Å². The molecule has 2 heterocycles. The number of urea groups is 1. The van der Waals surface area contributed by atoms with Gasteiger partial charge in [0.05, 0.1) is 18.2 Å². The molecule has 10 heteroatoms. The van der Waals surface area contributed by atoms with Crippen molar-refractivity contribution >= 4 is 29.4 Å². The Morgan fingerprint density at radius 3 is 2.55 bits per heavy atom. The van der Waals surface area contributed by atoms with E-state index in [1.54, 1.807) is 18.3 Å². The van der Waals surface area contributed by atoms with E-state index in [0.29, 0.717) is 36.2 Å². The fourth-order valence-corrected chi connectivity index (χ4v) is 5.24. The second-order valence-corrected chi connectivity index (χ2v) is 10.9. The average molecular weight is 550 g/mol. The number of amides is 3. The molecule has 0 radical (unpaired) electrons. The predicted molar refractivity (Wildman–Crippen MR) is 153 cm³/mol. The van der Waals surface area contributed by atoms with Gasteiger partial charge in [0.15, 0.2) is 0 Å². The summed E-state index contributed by atoms with van der Waals surface area (Å²) in [5.41, 5.74) is 6.12. The summed E-state index contributed by atoms with van der Waals surface area (Å²) in [7, 11) is 0. The lowest BCUT2D eigenvalue weighted by Crippen LogP contribution is -2.40. The Morgan fingerprint density at radius 2 is 1.85 bits per heavy atom. The van der Waals surface area contributed by atoms with Crippen molar-refractivity contribution in [1.82, 2.24) is 15.8 Å². The summed E-state index contributed by atoms with van der Waals surface area (Å²) in [6, 6.07) is 10.5. The van der Waals surface area contributed by atoms with Crippen molar-refractivity contribution in [3.63, 3.8) is 0 Å². The van der Waals surface area contributed by atoms with Crippen LogP contribution in [0, 0.1) is 5.92 Å². The van der Waals surface area contributed by atoms with Gasteiger partial charge in [0.1, 0.15) is 11.9 Å². The van der Waals surface area contributed by atoms with E-state index in [0.717, 1.165) is 29.7 Å². The van der Waals surface area contributed by atoms with E-state index < -0.39 is 5.97 Å². The van der Waals surface area contributed by atoms with Gasteiger partial charge < -0.3 is 15.7 Å². The second-order valence-electron chi connectivity index (χ2n) is 10.9. The van der Waals surface area contributed by atoms with E-state index in [2.05, 4.69) is 40.3 Å². The highest BCUT2D eigenvalue weighted by atomic mass is 16.7. The van der Waals surface area contributed by atoms with Gasteiger partial charge >= 0.3 is 12.0 Å².